The molecule has 4 aromatic rings. The fourth-order valence-electron chi connectivity index (χ4n) is 3.28. The molecular formula is C25H22N4O3S. The zero-order valence-electron chi connectivity index (χ0n) is 18.1. The molecule has 7 nitrogen and oxygen atoms in total. The van der Waals surface area contributed by atoms with Gasteiger partial charge in [0.05, 0.1) is 28.2 Å². The summed E-state index contributed by atoms with van der Waals surface area (Å²) in [7, 11) is 0. The average Bonchev–Trinajstić information content (AvgIpc) is 3.27. The number of nitrogens with one attached hydrogen (secondary N) is 3. The van der Waals surface area contributed by atoms with E-state index in [1.165, 1.54) is 11.3 Å². The van der Waals surface area contributed by atoms with Crippen LogP contribution in [0.2, 0.25) is 0 Å². The standard InChI is InChI=1S/C25H22N4O3S/c1-15-7-10-17(11-8-15)21-13-19(18-5-3-4-6-20(18)27-21)24(31)29-28-23(30)14-26-25(32)22-12-9-16(2)33-22/h3-13H,14H2,1-2H3,(H,26,32)(H,28,30)(H,29,31). The topological polar surface area (TPSA) is 100 Å². The first-order chi connectivity index (χ1) is 15.9. The molecule has 3 N–H and O–H groups in total. The van der Waals surface area contributed by atoms with Crippen molar-refractivity contribution in [3.8, 4) is 11.3 Å². The van der Waals surface area contributed by atoms with Crippen LogP contribution in [-0.2, 0) is 4.79 Å². The van der Waals surface area contributed by atoms with E-state index < -0.39 is 11.8 Å². The van der Waals surface area contributed by atoms with Crippen molar-refractivity contribution in [2.75, 3.05) is 6.54 Å². The highest BCUT2D eigenvalue weighted by Crippen LogP contribution is 2.25. The summed E-state index contributed by atoms with van der Waals surface area (Å²) in [6, 6.07) is 20.4. The smallest absolute Gasteiger partial charge is 0.270 e. The molecule has 2 aromatic carbocycles. The minimum Gasteiger partial charge on any atom is -0.342 e. The number of aryl methyl sites for hydroxylation is 2. The van der Waals surface area contributed by atoms with E-state index in [2.05, 4.69) is 21.2 Å². The number of nitrogens with zero attached hydrogens (tertiary/aromatic N) is 1. The molecule has 8 heteroatoms. The van der Waals surface area contributed by atoms with Crippen LogP contribution in [0.3, 0.4) is 0 Å². The summed E-state index contributed by atoms with van der Waals surface area (Å²) in [5.74, 6) is -1.35. The van der Waals surface area contributed by atoms with E-state index in [9.17, 15) is 14.4 Å². The van der Waals surface area contributed by atoms with Crippen molar-refractivity contribution < 1.29 is 14.4 Å². The number of rotatable bonds is 5. The van der Waals surface area contributed by atoms with Crippen LogP contribution >= 0.6 is 11.3 Å². The van der Waals surface area contributed by atoms with Crippen LogP contribution in [0, 0.1) is 13.8 Å². The molecule has 4 rings (SSSR count). The van der Waals surface area contributed by atoms with Crippen LogP contribution in [0.15, 0.2) is 66.7 Å². The molecule has 166 valence electrons. The number of para-hydroxylation sites is 1. The number of benzene rings is 2. The van der Waals surface area contributed by atoms with Gasteiger partial charge in [-0.05, 0) is 38.1 Å². The molecule has 0 radical (unpaired) electrons. The molecular weight excluding hydrogens is 436 g/mol. The lowest BCUT2D eigenvalue weighted by molar-refractivity contribution is -0.120. The minimum absolute atomic E-state index is 0.262. The van der Waals surface area contributed by atoms with Gasteiger partial charge in [-0.15, -0.1) is 11.3 Å². The molecule has 0 saturated heterocycles. The molecule has 2 heterocycles. The van der Waals surface area contributed by atoms with Crippen LogP contribution in [-0.4, -0.2) is 29.3 Å². The van der Waals surface area contributed by atoms with Crippen LogP contribution in [0.1, 0.15) is 30.5 Å². The average molecular weight is 459 g/mol. The lowest BCUT2D eigenvalue weighted by Gasteiger charge is -2.12. The summed E-state index contributed by atoms with van der Waals surface area (Å²) in [5.41, 5.74) is 8.51. The second-order valence-corrected chi connectivity index (χ2v) is 8.82. The summed E-state index contributed by atoms with van der Waals surface area (Å²) in [6.07, 6.45) is 0. The Bertz CT molecular complexity index is 1350. The van der Waals surface area contributed by atoms with Gasteiger partial charge >= 0.3 is 0 Å². The van der Waals surface area contributed by atoms with Gasteiger partial charge in [0, 0.05) is 15.8 Å². The van der Waals surface area contributed by atoms with Crippen molar-refractivity contribution in [3.63, 3.8) is 0 Å². The number of fused-ring (bicyclic) bond motifs is 1. The number of carbonyl (C=O) groups is 3. The first-order valence-corrected chi connectivity index (χ1v) is 11.1. The third-order valence-corrected chi connectivity index (χ3v) is 6.00. The summed E-state index contributed by atoms with van der Waals surface area (Å²) >= 11 is 1.34. The zero-order valence-corrected chi connectivity index (χ0v) is 19.0. The zero-order chi connectivity index (χ0) is 23.4. The number of hydrazine groups is 1. The van der Waals surface area contributed by atoms with E-state index >= 15 is 0 Å². The fraction of sp³-hybridized carbons (Fsp3) is 0.120. The first-order valence-electron chi connectivity index (χ1n) is 10.3. The van der Waals surface area contributed by atoms with Crippen LogP contribution in [0.5, 0.6) is 0 Å². The first kappa shape index (κ1) is 22.2. The monoisotopic (exact) mass is 458 g/mol. The molecule has 0 fully saturated rings. The number of thiophene rings is 1. The number of amides is 3. The molecule has 3 amide bonds. The van der Waals surface area contributed by atoms with Gasteiger partial charge in [-0.2, -0.15) is 0 Å². The van der Waals surface area contributed by atoms with E-state index in [1.54, 1.807) is 18.2 Å². The van der Waals surface area contributed by atoms with Gasteiger partial charge in [-0.1, -0.05) is 48.0 Å². The highest BCUT2D eigenvalue weighted by molar-refractivity contribution is 7.13. The van der Waals surface area contributed by atoms with E-state index in [0.29, 0.717) is 27.0 Å². The highest BCUT2D eigenvalue weighted by atomic mass is 32.1. The molecule has 0 bridgehead atoms. The largest absolute Gasteiger partial charge is 0.342 e. The third kappa shape index (κ3) is 5.24. The Kier molecular flexibility index (Phi) is 6.46. The van der Waals surface area contributed by atoms with E-state index in [1.807, 2.05) is 62.4 Å². The van der Waals surface area contributed by atoms with Crippen molar-refractivity contribution in [2.45, 2.75) is 13.8 Å². The highest BCUT2D eigenvalue weighted by Gasteiger charge is 2.15. The quantitative estimate of drug-likeness (QED) is 0.396. The lowest BCUT2D eigenvalue weighted by atomic mass is 10.0. The number of aromatic nitrogens is 1. The second kappa shape index (κ2) is 9.62. The van der Waals surface area contributed by atoms with E-state index in [-0.39, 0.29) is 12.5 Å². The Labute approximate surface area is 194 Å². The lowest BCUT2D eigenvalue weighted by Crippen LogP contribution is -2.46. The Morgan fingerprint density at radius 1 is 0.879 bits per heavy atom. The Balaban J connectivity index is 1.46. The van der Waals surface area contributed by atoms with Crippen molar-refractivity contribution in [1.82, 2.24) is 21.2 Å². The van der Waals surface area contributed by atoms with Gasteiger partial charge in [0.15, 0.2) is 0 Å². The molecule has 0 spiro atoms. The number of carbonyl (C=O) groups excluding carboxylic acids is 3. The SMILES string of the molecule is Cc1ccc(-c2cc(C(=O)NNC(=O)CNC(=O)c3ccc(C)s3)c3ccccc3n2)cc1. The fourth-order valence-corrected chi connectivity index (χ4v) is 4.06. The second-order valence-electron chi connectivity index (χ2n) is 7.53. The number of pyridine rings is 1. The summed E-state index contributed by atoms with van der Waals surface area (Å²) in [5, 5.41) is 3.21. The van der Waals surface area contributed by atoms with Crippen LogP contribution < -0.4 is 16.2 Å². The maximum Gasteiger partial charge on any atom is 0.270 e. The molecule has 0 unspecified atom stereocenters. The number of hydrogen-bond donors (Lipinski definition) is 3. The van der Waals surface area contributed by atoms with Crippen molar-refractivity contribution in [1.29, 1.82) is 0 Å². The van der Waals surface area contributed by atoms with Crippen molar-refractivity contribution in [2.24, 2.45) is 0 Å². The van der Waals surface area contributed by atoms with E-state index in [0.717, 1.165) is 16.0 Å². The molecule has 0 saturated carbocycles. The van der Waals surface area contributed by atoms with Gasteiger partial charge in [-0.3, -0.25) is 25.2 Å². The van der Waals surface area contributed by atoms with Crippen molar-refractivity contribution in [3.05, 3.63) is 87.6 Å². The minimum atomic E-state index is -0.540. The molecule has 0 atom stereocenters. The Hall–Kier alpha value is -4.04. The summed E-state index contributed by atoms with van der Waals surface area (Å²) in [4.78, 5) is 43.4. The van der Waals surface area contributed by atoms with E-state index in [4.69, 9.17) is 0 Å². The molecule has 2 aromatic heterocycles. The van der Waals surface area contributed by atoms with Gasteiger partial charge in [-0.25, -0.2) is 4.98 Å². The van der Waals surface area contributed by atoms with Gasteiger partial charge in [0.1, 0.15) is 0 Å². The predicted octanol–water partition coefficient (Wildman–Crippen LogP) is 3.77. The van der Waals surface area contributed by atoms with Crippen LogP contribution in [0.4, 0.5) is 0 Å². The molecule has 0 aliphatic rings. The molecule has 33 heavy (non-hydrogen) atoms. The van der Waals surface area contributed by atoms with Crippen molar-refractivity contribution >= 4 is 40.0 Å². The van der Waals surface area contributed by atoms with Gasteiger partial charge in [0.2, 0.25) is 0 Å². The maximum atomic E-state index is 12.9. The number of hydrogen-bond acceptors (Lipinski definition) is 5. The summed E-state index contributed by atoms with van der Waals surface area (Å²) in [6.45, 7) is 3.64. The van der Waals surface area contributed by atoms with Gasteiger partial charge in [0.25, 0.3) is 17.7 Å². The molecule has 0 aliphatic carbocycles. The van der Waals surface area contributed by atoms with Crippen LogP contribution in [0.25, 0.3) is 22.2 Å². The van der Waals surface area contributed by atoms with Gasteiger partial charge < -0.3 is 5.32 Å². The maximum absolute atomic E-state index is 12.9. The molecule has 0 aliphatic heterocycles. The predicted molar refractivity (Wildman–Crippen MR) is 129 cm³/mol. The summed E-state index contributed by atoms with van der Waals surface area (Å²) < 4.78 is 0. The Morgan fingerprint density at radius 2 is 1.64 bits per heavy atom. The Morgan fingerprint density at radius 3 is 2.36 bits per heavy atom. The normalized spacial score (nSPS) is 10.6. The third-order valence-electron chi connectivity index (χ3n) is 5.00.